The second-order valence-electron chi connectivity index (χ2n) is 4.82. The van der Waals surface area contributed by atoms with Crippen molar-refractivity contribution >= 4 is 20.2 Å². The second kappa shape index (κ2) is 6.24. The molecule has 0 aliphatic heterocycles. The Morgan fingerprint density at radius 3 is 1.88 bits per heavy atom. The van der Waals surface area contributed by atoms with Gasteiger partial charge in [-0.1, -0.05) is 30.3 Å². The second-order valence-corrected chi connectivity index (χ2v) is 7.63. The van der Waals surface area contributed by atoms with Gasteiger partial charge in [-0.05, 0) is 18.2 Å². The third-order valence-electron chi connectivity index (χ3n) is 3.37. The van der Waals surface area contributed by atoms with Crippen LogP contribution < -0.4 is 0 Å². The Hall–Kier alpha value is -1.82. The van der Waals surface area contributed by atoms with E-state index >= 15 is 0 Å². The molecular formula is C14H14O8S2. The Labute approximate surface area is 138 Å². The standard InChI is InChI=1S/C14H14O8S2/c1-22-14(15,10-6-8-11(9-7-10)23(16,17)18)12-4-2-3-5-13(12)24(19,20)21/h2-9,15H,1H3,(H,16,17,18)(H,19,20,21). The van der Waals surface area contributed by atoms with Gasteiger partial charge < -0.3 is 9.84 Å². The van der Waals surface area contributed by atoms with Crippen molar-refractivity contribution in [2.45, 2.75) is 15.6 Å². The zero-order chi connectivity index (χ0) is 18.2. The van der Waals surface area contributed by atoms with Crippen LogP contribution in [0.15, 0.2) is 58.3 Å². The smallest absolute Gasteiger partial charge is 0.295 e. The molecule has 2 aromatic rings. The zero-order valence-corrected chi connectivity index (χ0v) is 14.0. The molecule has 0 saturated heterocycles. The minimum Gasteiger partial charge on any atom is -0.358 e. The first-order valence-electron chi connectivity index (χ1n) is 6.42. The van der Waals surface area contributed by atoms with E-state index in [-0.39, 0.29) is 11.1 Å². The molecular weight excluding hydrogens is 360 g/mol. The molecule has 0 aliphatic rings. The molecule has 8 nitrogen and oxygen atoms in total. The van der Waals surface area contributed by atoms with Gasteiger partial charge in [0.1, 0.15) is 4.90 Å². The zero-order valence-electron chi connectivity index (χ0n) is 12.3. The van der Waals surface area contributed by atoms with E-state index in [9.17, 15) is 26.5 Å². The largest absolute Gasteiger partial charge is 0.358 e. The Morgan fingerprint density at radius 2 is 1.42 bits per heavy atom. The van der Waals surface area contributed by atoms with Crippen LogP contribution in [-0.4, -0.2) is 38.2 Å². The Bertz CT molecular complexity index is 949. The van der Waals surface area contributed by atoms with Crippen LogP contribution in [-0.2, 0) is 30.8 Å². The van der Waals surface area contributed by atoms with Crippen LogP contribution in [0.4, 0.5) is 0 Å². The lowest BCUT2D eigenvalue weighted by atomic mass is 9.97. The average Bonchev–Trinajstić information content (AvgIpc) is 2.52. The average molecular weight is 374 g/mol. The summed E-state index contributed by atoms with van der Waals surface area (Å²) < 4.78 is 68.5. The summed E-state index contributed by atoms with van der Waals surface area (Å²) in [6.07, 6.45) is 0. The minimum atomic E-state index is -4.64. The molecule has 1 atom stereocenters. The maximum atomic E-state index is 11.5. The van der Waals surface area contributed by atoms with E-state index in [0.29, 0.717) is 0 Å². The van der Waals surface area contributed by atoms with Gasteiger partial charge in [0.15, 0.2) is 0 Å². The van der Waals surface area contributed by atoms with E-state index in [4.69, 9.17) is 9.29 Å². The van der Waals surface area contributed by atoms with Crippen LogP contribution in [0.5, 0.6) is 0 Å². The summed E-state index contributed by atoms with van der Waals surface area (Å²) in [7, 11) is -7.96. The van der Waals surface area contributed by atoms with E-state index in [0.717, 1.165) is 37.4 Å². The number of ether oxygens (including phenoxy) is 1. The lowest BCUT2D eigenvalue weighted by molar-refractivity contribution is -0.161. The molecule has 0 spiro atoms. The molecule has 2 aromatic carbocycles. The molecule has 3 N–H and O–H groups in total. The topological polar surface area (TPSA) is 138 Å². The van der Waals surface area contributed by atoms with Gasteiger partial charge in [0.25, 0.3) is 20.2 Å². The summed E-state index contributed by atoms with van der Waals surface area (Å²) in [5.74, 6) is -2.27. The highest BCUT2D eigenvalue weighted by molar-refractivity contribution is 7.86. The molecule has 2 rings (SSSR count). The molecule has 0 aliphatic carbocycles. The molecule has 0 fully saturated rings. The summed E-state index contributed by atoms with van der Waals surface area (Å²) >= 11 is 0. The Balaban J connectivity index is 2.66. The SMILES string of the molecule is COC(O)(c1ccc(S(=O)(=O)O)cc1)c1ccccc1S(=O)(=O)O. The number of rotatable bonds is 5. The predicted octanol–water partition coefficient (Wildman–Crippen LogP) is 1.02. The van der Waals surface area contributed by atoms with Crippen molar-refractivity contribution in [1.82, 2.24) is 0 Å². The molecule has 10 heteroatoms. The van der Waals surface area contributed by atoms with E-state index in [1.165, 1.54) is 18.2 Å². The maximum absolute atomic E-state index is 11.5. The molecule has 1 unspecified atom stereocenters. The van der Waals surface area contributed by atoms with Gasteiger partial charge in [-0.3, -0.25) is 9.11 Å². The lowest BCUT2D eigenvalue weighted by Crippen LogP contribution is -2.31. The van der Waals surface area contributed by atoms with E-state index in [1.807, 2.05) is 0 Å². The van der Waals surface area contributed by atoms with Crippen LogP contribution in [0.25, 0.3) is 0 Å². The highest BCUT2D eigenvalue weighted by Crippen LogP contribution is 2.34. The molecule has 0 radical (unpaired) electrons. The number of methoxy groups -OCH3 is 1. The lowest BCUT2D eigenvalue weighted by Gasteiger charge is -2.28. The van der Waals surface area contributed by atoms with E-state index in [1.54, 1.807) is 0 Å². The van der Waals surface area contributed by atoms with Crippen molar-refractivity contribution in [2.75, 3.05) is 7.11 Å². The van der Waals surface area contributed by atoms with Gasteiger partial charge >= 0.3 is 0 Å². The minimum absolute atomic E-state index is 0.00602. The van der Waals surface area contributed by atoms with Crippen molar-refractivity contribution in [1.29, 1.82) is 0 Å². The number of hydrogen-bond acceptors (Lipinski definition) is 6. The van der Waals surface area contributed by atoms with Crippen molar-refractivity contribution in [2.24, 2.45) is 0 Å². The van der Waals surface area contributed by atoms with Crippen molar-refractivity contribution in [3.8, 4) is 0 Å². The molecule has 0 aromatic heterocycles. The molecule has 0 amide bonds. The number of aliphatic hydroxyl groups is 1. The fourth-order valence-corrected chi connectivity index (χ4v) is 3.42. The van der Waals surface area contributed by atoms with Crippen LogP contribution in [0, 0.1) is 0 Å². The monoisotopic (exact) mass is 374 g/mol. The van der Waals surface area contributed by atoms with Gasteiger partial charge in [0.2, 0.25) is 5.79 Å². The van der Waals surface area contributed by atoms with E-state index in [2.05, 4.69) is 0 Å². The summed E-state index contributed by atoms with van der Waals surface area (Å²) in [5, 5.41) is 10.8. The summed E-state index contributed by atoms with van der Waals surface area (Å²) in [5.41, 5.74) is -0.261. The van der Waals surface area contributed by atoms with Crippen LogP contribution in [0.1, 0.15) is 11.1 Å². The van der Waals surface area contributed by atoms with Crippen molar-refractivity contribution < 1.29 is 35.8 Å². The Morgan fingerprint density at radius 1 is 0.875 bits per heavy atom. The van der Waals surface area contributed by atoms with Crippen LogP contribution in [0.3, 0.4) is 0 Å². The van der Waals surface area contributed by atoms with Gasteiger partial charge in [0.05, 0.1) is 4.90 Å². The first kappa shape index (κ1) is 18.5. The molecule has 0 bridgehead atoms. The summed E-state index contributed by atoms with van der Waals surface area (Å²) in [6.45, 7) is 0. The normalized spacial score (nSPS) is 15.0. The molecule has 24 heavy (non-hydrogen) atoms. The molecule has 0 saturated carbocycles. The number of benzene rings is 2. The molecule has 130 valence electrons. The highest BCUT2D eigenvalue weighted by atomic mass is 32.2. The number of hydrogen-bond donors (Lipinski definition) is 3. The van der Waals surface area contributed by atoms with Gasteiger partial charge in [-0.25, -0.2) is 0 Å². The fourth-order valence-electron chi connectivity index (χ4n) is 2.21. The third kappa shape index (κ3) is 3.48. The van der Waals surface area contributed by atoms with Gasteiger partial charge in [-0.2, -0.15) is 16.8 Å². The van der Waals surface area contributed by atoms with Crippen molar-refractivity contribution in [3.63, 3.8) is 0 Å². The fraction of sp³-hybridized carbons (Fsp3) is 0.143. The van der Waals surface area contributed by atoms with Crippen LogP contribution >= 0.6 is 0 Å². The van der Waals surface area contributed by atoms with Gasteiger partial charge in [-0.15, -0.1) is 0 Å². The highest BCUT2D eigenvalue weighted by Gasteiger charge is 2.36. The van der Waals surface area contributed by atoms with Crippen molar-refractivity contribution in [3.05, 3.63) is 59.7 Å². The maximum Gasteiger partial charge on any atom is 0.295 e. The Kier molecular flexibility index (Phi) is 4.81. The first-order valence-corrected chi connectivity index (χ1v) is 9.30. The quantitative estimate of drug-likeness (QED) is 0.521. The van der Waals surface area contributed by atoms with Crippen LogP contribution in [0.2, 0.25) is 0 Å². The molecule has 0 heterocycles. The van der Waals surface area contributed by atoms with Gasteiger partial charge in [0, 0.05) is 18.2 Å². The third-order valence-corrected chi connectivity index (χ3v) is 5.15. The summed E-state index contributed by atoms with van der Waals surface area (Å²) in [4.78, 5) is -0.971. The predicted molar refractivity (Wildman–Crippen MR) is 82.5 cm³/mol. The van der Waals surface area contributed by atoms with E-state index < -0.39 is 35.8 Å². The first-order chi connectivity index (χ1) is 11.0. The summed E-state index contributed by atoms with van der Waals surface area (Å²) in [6, 6.07) is 9.44.